The molecule has 2 N–H and O–H groups in total. The molecule has 0 aliphatic heterocycles. The van der Waals surface area contributed by atoms with E-state index in [9.17, 15) is 24.3 Å². The van der Waals surface area contributed by atoms with Gasteiger partial charge in [0.05, 0.1) is 21.5 Å². The van der Waals surface area contributed by atoms with E-state index >= 15 is 0 Å². The molecule has 0 atom stereocenters. The Morgan fingerprint density at radius 2 is 1.96 bits per heavy atom. The van der Waals surface area contributed by atoms with Crippen LogP contribution in [0.2, 0.25) is 0 Å². The highest BCUT2D eigenvalue weighted by Crippen LogP contribution is 2.23. The van der Waals surface area contributed by atoms with E-state index in [1.54, 1.807) is 13.8 Å². The smallest absolute Gasteiger partial charge is 0.337 e. The Balaban J connectivity index is 1.92. The Morgan fingerprint density at radius 1 is 1.26 bits per heavy atom. The predicted octanol–water partition coefficient (Wildman–Crippen LogP) is 2.07. The van der Waals surface area contributed by atoms with E-state index < -0.39 is 17.4 Å². The number of hydrogen-bond donors (Lipinski definition) is 2. The lowest BCUT2D eigenvalue weighted by atomic mass is 10.2. The van der Waals surface area contributed by atoms with Crippen LogP contribution in [0.25, 0.3) is 10.2 Å². The number of rotatable bonds is 5. The summed E-state index contributed by atoms with van der Waals surface area (Å²) in [5.41, 5.74) is -0.210. The fourth-order valence-corrected chi connectivity index (χ4v) is 4.37. The number of hydrogen-bond acceptors (Lipinski definition) is 8. The lowest BCUT2D eigenvalue weighted by Crippen LogP contribution is -2.30. The van der Waals surface area contributed by atoms with Crippen molar-refractivity contribution in [2.45, 2.75) is 27.3 Å². The van der Waals surface area contributed by atoms with Crippen molar-refractivity contribution < 1.29 is 19.5 Å². The maximum absolute atomic E-state index is 12.7. The van der Waals surface area contributed by atoms with Gasteiger partial charge in [0.25, 0.3) is 5.56 Å². The van der Waals surface area contributed by atoms with Crippen LogP contribution in [0.5, 0.6) is 0 Å². The molecule has 0 saturated heterocycles. The largest absolute Gasteiger partial charge is 0.478 e. The number of ketones is 1. The highest BCUT2D eigenvalue weighted by molar-refractivity contribution is 7.17. The highest BCUT2D eigenvalue weighted by Gasteiger charge is 2.20. The molecular formula is C16H14N4O5S2. The fraction of sp³-hybridized carbons (Fsp3) is 0.250. The molecule has 140 valence electrons. The van der Waals surface area contributed by atoms with E-state index in [1.807, 2.05) is 0 Å². The average molecular weight is 406 g/mol. The summed E-state index contributed by atoms with van der Waals surface area (Å²) in [5.74, 6) is -1.61. The van der Waals surface area contributed by atoms with E-state index in [1.165, 1.54) is 12.3 Å². The summed E-state index contributed by atoms with van der Waals surface area (Å²) in [6.45, 7) is 4.29. The SMILES string of the molecule is CC(=O)c1sc(NC(=O)Cn2c(C)nc3scc(C(=O)O)c3c2=O)nc1C. The number of amides is 1. The number of anilines is 1. The molecule has 0 aliphatic rings. The van der Waals surface area contributed by atoms with Gasteiger partial charge >= 0.3 is 5.97 Å². The maximum atomic E-state index is 12.7. The number of fused-ring (bicyclic) bond motifs is 1. The molecule has 3 rings (SSSR count). The zero-order valence-electron chi connectivity index (χ0n) is 14.5. The Bertz CT molecular complexity index is 1160. The molecule has 11 heteroatoms. The fourth-order valence-electron chi connectivity index (χ4n) is 2.55. The molecule has 0 aliphatic carbocycles. The third-order valence-electron chi connectivity index (χ3n) is 3.78. The maximum Gasteiger partial charge on any atom is 0.337 e. The molecule has 3 aromatic rings. The number of nitrogens with zero attached hydrogens (tertiary/aromatic N) is 3. The van der Waals surface area contributed by atoms with Crippen molar-refractivity contribution in [1.82, 2.24) is 14.5 Å². The first-order chi connectivity index (χ1) is 12.7. The van der Waals surface area contributed by atoms with Gasteiger partial charge in [0, 0.05) is 12.3 Å². The zero-order chi connectivity index (χ0) is 19.9. The highest BCUT2D eigenvalue weighted by atomic mass is 32.1. The second kappa shape index (κ2) is 7.00. The number of carboxylic acids is 1. The van der Waals surface area contributed by atoms with Gasteiger partial charge < -0.3 is 10.4 Å². The minimum Gasteiger partial charge on any atom is -0.478 e. The van der Waals surface area contributed by atoms with E-state index in [0.29, 0.717) is 21.2 Å². The second-order valence-electron chi connectivity index (χ2n) is 5.72. The number of thiophene rings is 1. The molecule has 0 radical (unpaired) electrons. The van der Waals surface area contributed by atoms with Crippen LogP contribution < -0.4 is 10.9 Å². The molecule has 1 amide bonds. The van der Waals surface area contributed by atoms with Gasteiger partial charge in [0.1, 0.15) is 17.2 Å². The zero-order valence-corrected chi connectivity index (χ0v) is 16.2. The number of nitrogens with one attached hydrogen (secondary N) is 1. The Morgan fingerprint density at radius 3 is 2.56 bits per heavy atom. The van der Waals surface area contributed by atoms with Gasteiger partial charge in [0.15, 0.2) is 10.9 Å². The summed E-state index contributed by atoms with van der Waals surface area (Å²) < 4.78 is 1.11. The Labute approximate surface area is 160 Å². The predicted molar refractivity (Wildman–Crippen MR) is 101 cm³/mol. The normalized spacial score (nSPS) is 10.9. The lowest BCUT2D eigenvalue weighted by Gasteiger charge is -2.09. The van der Waals surface area contributed by atoms with Gasteiger partial charge in [0.2, 0.25) is 5.91 Å². The van der Waals surface area contributed by atoms with E-state index in [-0.39, 0.29) is 28.4 Å². The van der Waals surface area contributed by atoms with Crippen LogP contribution in [0.1, 0.15) is 38.5 Å². The van der Waals surface area contributed by atoms with E-state index in [4.69, 9.17) is 0 Å². The number of carbonyl (C=O) groups is 3. The van der Waals surface area contributed by atoms with E-state index in [0.717, 1.165) is 27.2 Å². The van der Waals surface area contributed by atoms with Crippen LogP contribution in [-0.2, 0) is 11.3 Å². The average Bonchev–Trinajstić information content (AvgIpc) is 3.15. The molecular weight excluding hydrogens is 392 g/mol. The van der Waals surface area contributed by atoms with Gasteiger partial charge in [-0.05, 0) is 13.8 Å². The first-order valence-corrected chi connectivity index (χ1v) is 9.38. The topological polar surface area (TPSA) is 131 Å². The van der Waals surface area contributed by atoms with Crippen LogP contribution >= 0.6 is 22.7 Å². The quantitative estimate of drug-likeness (QED) is 0.620. The minimum absolute atomic E-state index is 0.0186. The van der Waals surface area contributed by atoms with Gasteiger partial charge in [-0.3, -0.25) is 19.0 Å². The number of thiazole rings is 1. The summed E-state index contributed by atoms with van der Waals surface area (Å²) in [7, 11) is 0. The first kappa shape index (κ1) is 18.9. The second-order valence-corrected chi connectivity index (χ2v) is 7.58. The van der Waals surface area contributed by atoms with Crippen LogP contribution in [-0.4, -0.2) is 37.3 Å². The van der Waals surface area contributed by atoms with Crippen LogP contribution in [0.15, 0.2) is 10.2 Å². The summed E-state index contributed by atoms with van der Waals surface area (Å²) in [6, 6.07) is 0. The number of carboxylic acid groups (broad SMARTS) is 1. The number of aryl methyl sites for hydroxylation is 2. The van der Waals surface area contributed by atoms with Crippen LogP contribution in [0.4, 0.5) is 5.13 Å². The third-order valence-corrected chi connectivity index (χ3v) is 5.83. The molecule has 0 spiro atoms. The molecule has 0 fully saturated rings. The number of Topliss-reactive ketones (excluding diaryl/α,β-unsaturated/α-hetero) is 1. The summed E-state index contributed by atoms with van der Waals surface area (Å²) >= 11 is 2.12. The standard InChI is InChI=1S/C16H14N4O5S2/c1-6-12(7(2)21)27-16(17-6)19-10(22)4-20-8(3)18-13-11(14(20)23)9(5-26-13)15(24)25/h5H,4H2,1-3H3,(H,24,25)(H,17,19,22). The van der Waals surface area contributed by atoms with Gasteiger partial charge in [-0.25, -0.2) is 14.8 Å². The summed E-state index contributed by atoms with van der Waals surface area (Å²) in [5, 5.41) is 13.4. The van der Waals surface area contributed by atoms with Crippen LogP contribution in [0, 0.1) is 13.8 Å². The monoisotopic (exact) mass is 406 g/mol. The van der Waals surface area contributed by atoms with Crippen LogP contribution in [0.3, 0.4) is 0 Å². The molecule has 27 heavy (non-hydrogen) atoms. The molecule has 9 nitrogen and oxygen atoms in total. The first-order valence-electron chi connectivity index (χ1n) is 7.69. The summed E-state index contributed by atoms with van der Waals surface area (Å²) in [6.07, 6.45) is 0. The van der Waals surface area contributed by atoms with Crippen molar-refractivity contribution in [3.8, 4) is 0 Å². The van der Waals surface area contributed by atoms with Crippen molar-refractivity contribution in [3.05, 3.63) is 37.7 Å². The minimum atomic E-state index is -1.23. The summed E-state index contributed by atoms with van der Waals surface area (Å²) in [4.78, 5) is 56.9. The van der Waals surface area contributed by atoms with Gasteiger partial charge in [-0.2, -0.15) is 0 Å². The molecule has 3 aromatic heterocycles. The van der Waals surface area contributed by atoms with Gasteiger partial charge in [-0.1, -0.05) is 11.3 Å². The Hall–Kier alpha value is -2.92. The Kier molecular flexibility index (Phi) is 4.89. The number of aromatic carboxylic acids is 1. The third kappa shape index (κ3) is 3.51. The van der Waals surface area contributed by atoms with Crippen molar-refractivity contribution in [1.29, 1.82) is 0 Å². The van der Waals surface area contributed by atoms with E-state index in [2.05, 4.69) is 15.3 Å². The number of carbonyl (C=O) groups excluding carboxylic acids is 2. The molecule has 0 bridgehead atoms. The number of aromatic nitrogens is 3. The molecule has 0 aromatic carbocycles. The molecule has 0 unspecified atom stereocenters. The van der Waals surface area contributed by atoms with Crippen molar-refractivity contribution in [2.24, 2.45) is 0 Å². The van der Waals surface area contributed by atoms with Crippen molar-refractivity contribution in [3.63, 3.8) is 0 Å². The van der Waals surface area contributed by atoms with Crippen molar-refractivity contribution >= 4 is 55.7 Å². The molecule has 3 heterocycles. The van der Waals surface area contributed by atoms with Gasteiger partial charge in [-0.15, -0.1) is 11.3 Å². The van der Waals surface area contributed by atoms with Crippen molar-refractivity contribution in [2.75, 3.05) is 5.32 Å². The molecule has 0 saturated carbocycles. The lowest BCUT2D eigenvalue weighted by molar-refractivity contribution is -0.116.